The summed E-state index contributed by atoms with van der Waals surface area (Å²) in [6.45, 7) is 3.95. The van der Waals surface area contributed by atoms with Crippen LogP contribution in [0.2, 0.25) is 0 Å². The van der Waals surface area contributed by atoms with Crippen molar-refractivity contribution in [1.82, 2.24) is 24.7 Å². The van der Waals surface area contributed by atoms with Crippen LogP contribution in [0.25, 0.3) is 0 Å². The van der Waals surface area contributed by atoms with Crippen LogP contribution < -0.4 is 10.6 Å². The molecule has 1 unspecified atom stereocenters. The molecule has 156 valence electrons. The highest BCUT2D eigenvalue weighted by atomic mass is 35.5. The molecule has 1 amide bonds. The van der Waals surface area contributed by atoms with Gasteiger partial charge in [0, 0.05) is 38.4 Å². The van der Waals surface area contributed by atoms with Gasteiger partial charge in [0.2, 0.25) is 15.9 Å². The summed E-state index contributed by atoms with van der Waals surface area (Å²) in [7, 11) is 1.55. The average Bonchev–Trinajstić information content (AvgIpc) is 3.06. The van der Waals surface area contributed by atoms with Gasteiger partial charge < -0.3 is 10.6 Å². The molecule has 10 heteroatoms. The summed E-state index contributed by atoms with van der Waals surface area (Å²) in [4.78, 5) is 12.7. The Bertz CT molecular complexity index is 881. The maximum atomic E-state index is 12.5. The van der Waals surface area contributed by atoms with E-state index in [1.807, 2.05) is 13.8 Å². The minimum absolute atomic E-state index is 0. The van der Waals surface area contributed by atoms with Crippen LogP contribution in [-0.2, 0) is 28.4 Å². The molecule has 1 atom stereocenters. The molecular formula is C18H28ClN5O3S. The number of hydrogen-bond donors (Lipinski definition) is 2. The first-order chi connectivity index (χ1) is 12.7. The first-order valence-electron chi connectivity index (χ1n) is 8.67. The Kier molecular flexibility index (Phi) is 8.62. The normalized spacial score (nSPS) is 12.7. The number of hydrogen-bond acceptors (Lipinski definition) is 5. The summed E-state index contributed by atoms with van der Waals surface area (Å²) >= 11 is 0. The van der Waals surface area contributed by atoms with Crippen LogP contribution >= 0.6 is 12.4 Å². The van der Waals surface area contributed by atoms with E-state index >= 15 is 0 Å². The van der Waals surface area contributed by atoms with E-state index in [1.54, 1.807) is 62.5 Å². The molecule has 1 aromatic heterocycles. The fraction of sp³-hybridized carbons (Fsp3) is 0.444. The summed E-state index contributed by atoms with van der Waals surface area (Å²) in [6.07, 6.45) is 3.43. The van der Waals surface area contributed by atoms with Gasteiger partial charge in [-0.15, -0.1) is 12.4 Å². The number of halogens is 1. The minimum atomic E-state index is -3.51. The molecule has 2 aromatic rings. The minimum Gasteiger partial charge on any atom is -0.350 e. The van der Waals surface area contributed by atoms with Gasteiger partial charge in [0.15, 0.2) is 0 Å². The average molecular weight is 430 g/mol. The second kappa shape index (κ2) is 10.0. The molecule has 0 radical (unpaired) electrons. The van der Waals surface area contributed by atoms with Crippen molar-refractivity contribution >= 4 is 28.3 Å². The zero-order chi connectivity index (χ0) is 20.2. The van der Waals surface area contributed by atoms with E-state index < -0.39 is 16.1 Å². The zero-order valence-electron chi connectivity index (χ0n) is 16.7. The van der Waals surface area contributed by atoms with Gasteiger partial charge in [-0.05, 0) is 38.6 Å². The summed E-state index contributed by atoms with van der Waals surface area (Å²) in [5, 5.41) is 9.91. The van der Waals surface area contributed by atoms with Crippen LogP contribution in [0.1, 0.15) is 31.0 Å². The van der Waals surface area contributed by atoms with Crippen molar-refractivity contribution in [3.63, 3.8) is 0 Å². The number of aryl methyl sites for hydroxylation is 1. The van der Waals surface area contributed by atoms with Crippen molar-refractivity contribution in [1.29, 1.82) is 0 Å². The second-order valence-electron chi connectivity index (χ2n) is 6.65. The topological polar surface area (TPSA) is 96.3 Å². The van der Waals surface area contributed by atoms with Gasteiger partial charge in [-0.1, -0.05) is 12.1 Å². The Balaban J connectivity index is 0.00000392. The van der Waals surface area contributed by atoms with Gasteiger partial charge in [0.05, 0.1) is 11.1 Å². The Morgan fingerprint density at radius 2 is 1.86 bits per heavy atom. The summed E-state index contributed by atoms with van der Waals surface area (Å²) < 4.78 is 27.9. The van der Waals surface area contributed by atoms with E-state index in [0.717, 1.165) is 11.1 Å². The Hall–Kier alpha value is -1.94. The molecular weight excluding hydrogens is 402 g/mol. The van der Waals surface area contributed by atoms with E-state index in [0.29, 0.717) is 6.54 Å². The van der Waals surface area contributed by atoms with E-state index in [9.17, 15) is 13.2 Å². The van der Waals surface area contributed by atoms with Gasteiger partial charge in [0.25, 0.3) is 0 Å². The lowest BCUT2D eigenvalue weighted by atomic mass is 10.1. The van der Waals surface area contributed by atoms with Gasteiger partial charge >= 0.3 is 0 Å². The van der Waals surface area contributed by atoms with Gasteiger partial charge in [-0.3, -0.25) is 9.48 Å². The molecule has 0 aliphatic rings. The quantitative estimate of drug-likeness (QED) is 0.662. The number of carbonyl (C=O) groups is 1. The number of nitrogens with one attached hydrogen (secondary N) is 2. The van der Waals surface area contributed by atoms with Crippen molar-refractivity contribution in [2.24, 2.45) is 7.05 Å². The molecule has 0 spiro atoms. The zero-order valence-corrected chi connectivity index (χ0v) is 18.3. The predicted octanol–water partition coefficient (Wildman–Crippen LogP) is 1.45. The van der Waals surface area contributed by atoms with Crippen LogP contribution in [0.15, 0.2) is 41.6 Å². The SMILES string of the molecule is CNC(C(=O)NCc1ccc(S(=O)(=O)N(C)C(C)C)cc1)c1cnn(C)c1.Cl. The van der Waals surface area contributed by atoms with Crippen LogP contribution in [0.3, 0.4) is 0 Å². The third-order valence-electron chi connectivity index (χ3n) is 4.40. The molecule has 0 saturated carbocycles. The molecule has 2 rings (SSSR count). The number of benzene rings is 1. The Labute approximate surface area is 172 Å². The third kappa shape index (κ3) is 5.54. The molecule has 8 nitrogen and oxygen atoms in total. The Morgan fingerprint density at radius 3 is 2.32 bits per heavy atom. The number of carbonyl (C=O) groups excluding carboxylic acids is 1. The highest BCUT2D eigenvalue weighted by molar-refractivity contribution is 7.89. The second-order valence-corrected chi connectivity index (χ2v) is 8.64. The largest absolute Gasteiger partial charge is 0.350 e. The fourth-order valence-electron chi connectivity index (χ4n) is 2.55. The van der Waals surface area contributed by atoms with Crippen molar-refractivity contribution in [3.05, 3.63) is 47.8 Å². The molecule has 1 aromatic carbocycles. The third-order valence-corrected chi connectivity index (χ3v) is 6.45. The molecule has 2 N–H and O–H groups in total. The van der Waals surface area contributed by atoms with Crippen molar-refractivity contribution in [3.8, 4) is 0 Å². The monoisotopic (exact) mass is 429 g/mol. The first-order valence-corrected chi connectivity index (χ1v) is 10.1. The van der Waals surface area contributed by atoms with E-state index in [4.69, 9.17) is 0 Å². The Morgan fingerprint density at radius 1 is 1.25 bits per heavy atom. The van der Waals surface area contributed by atoms with Gasteiger partial charge in [-0.25, -0.2) is 8.42 Å². The van der Waals surface area contributed by atoms with Crippen LogP contribution in [0, 0.1) is 0 Å². The van der Waals surface area contributed by atoms with Gasteiger partial charge in [-0.2, -0.15) is 9.40 Å². The standard InChI is InChI=1S/C18H27N5O3S.ClH/c1-13(2)23(5)27(25,26)16-8-6-14(7-9-16)10-20-18(24)17(19-3)15-11-21-22(4)12-15;/h6-9,11-13,17,19H,10H2,1-5H3,(H,20,24);1H. The highest BCUT2D eigenvalue weighted by Crippen LogP contribution is 2.17. The van der Waals surface area contributed by atoms with E-state index in [2.05, 4.69) is 15.7 Å². The maximum Gasteiger partial charge on any atom is 0.243 e. The predicted molar refractivity (Wildman–Crippen MR) is 111 cm³/mol. The molecule has 0 aliphatic carbocycles. The lowest BCUT2D eigenvalue weighted by Gasteiger charge is -2.21. The smallest absolute Gasteiger partial charge is 0.243 e. The summed E-state index contributed by atoms with van der Waals surface area (Å²) in [6, 6.07) is 5.91. The highest BCUT2D eigenvalue weighted by Gasteiger charge is 2.23. The maximum absolute atomic E-state index is 12.5. The summed E-state index contributed by atoms with van der Waals surface area (Å²) in [5.74, 6) is -0.179. The number of sulfonamides is 1. The number of aromatic nitrogens is 2. The first kappa shape index (κ1) is 24.1. The van der Waals surface area contributed by atoms with Crippen LogP contribution in [-0.4, -0.2) is 48.5 Å². The molecule has 0 saturated heterocycles. The molecule has 1 heterocycles. The number of rotatable bonds is 8. The van der Waals surface area contributed by atoms with Crippen LogP contribution in [0.5, 0.6) is 0 Å². The van der Waals surface area contributed by atoms with Crippen molar-refractivity contribution in [2.45, 2.75) is 37.4 Å². The fourth-order valence-corrected chi connectivity index (χ4v) is 3.92. The molecule has 0 fully saturated rings. The van der Waals surface area contributed by atoms with E-state index in [1.165, 1.54) is 4.31 Å². The number of nitrogens with zero attached hydrogens (tertiary/aromatic N) is 3. The lowest BCUT2D eigenvalue weighted by molar-refractivity contribution is -0.123. The van der Waals surface area contributed by atoms with Crippen molar-refractivity contribution < 1.29 is 13.2 Å². The van der Waals surface area contributed by atoms with Gasteiger partial charge in [0.1, 0.15) is 6.04 Å². The van der Waals surface area contributed by atoms with Crippen molar-refractivity contribution in [2.75, 3.05) is 14.1 Å². The van der Waals surface area contributed by atoms with E-state index in [-0.39, 0.29) is 29.3 Å². The molecule has 0 aliphatic heterocycles. The lowest BCUT2D eigenvalue weighted by Crippen LogP contribution is -2.35. The van der Waals surface area contributed by atoms with Crippen LogP contribution in [0.4, 0.5) is 0 Å². The number of likely N-dealkylation sites (N-methyl/N-ethyl adjacent to an activating group) is 1. The summed E-state index contributed by atoms with van der Waals surface area (Å²) in [5.41, 5.74) is 1.59. The number of amides is 1. The molecule has 0 bridgehead atoms. The molecule has 28 heavy (non-hydrogen) atoms.